The monoisotopic (exact) mass is 470 g/mol. The Kier molecular flexibility index (Phi) is 8.75. The van der Waals surface area contributed by atoms with Crippen LogP contribution in [0.15, 0.2) is 11.6 Å². The number of ketones is 2. The second-order valence-electron chi connectivity index (χ2n) is 12.6. The first-order chi connectivity index (χ1) is 16.4. The van der Waals surface area contributed by atoms with Crippen molar-refractivity contribution in [3.05, 3.63) is 11.6 Å². The van der Waals surface area contributed by atoms with E-state index in [9.17, 15) is 9.59 Å². The van der Waals surface area contributed by atoms with Gasteiger partial charge >= 0.3 is 0 Å². The zero-order valence-electron chi connectivity index (χ0n) is 22.3. The van der Waals surface area contributed by atoms with Crippen molar-refractivity contribution in [1.29, 1.82) is 0 Å². The van der Waals surface area contributed by atoms with Crippen LogP contribution >= 0.6 is 0 Å². The molecule has 4 rings (SSSR count). The fourth-order valence-corrected chi connectivity index (χ4v) is 8.12. The molecule has 3 fully saturated rings. The van der Waals surface area contributed by atoms with Crippen LogP contribution in [-0.2, 0) is 14.3 Å². The van der Waals surface area contributed by atoms with Gasteiger partial charge in [-0.1, -0.05) is 84.1 Å². The molecule has 4 aliphatic carbocycles. The molecule has 3 heteroatoms. The Morgan fingerprint density at radius 1 is 0.824 bits per heavy atom. The van der Waals surface area contributed by atoms with Crippen LogP contribution in [0.4, 0.5) is 0 Å². The van der Waals surface area contributed by atoms with E-state index in [1.165, 1.54) is 69.8 Å². The van der Waals surface area contributed by atoms with Crippen molar-refractivity contribution in [3.8, 4) is 0 Å². The minimum Gasteiger partial charge on any atom is -0.378 e. The molecule has 0 N–H and O–H groups in total. The molecule has 0 saturated heterocycles. The van der Waals surface area contributed by atoms with E-state index in [2.05, 4.69) is 20.8 Å². The lowest BCUT2D eigenvalue weighted by molar-refractivity contribution is -0.140. The maximum atomic E-state index is 13.4. The molecule has 0 aromatic rings. The SMILES string of the molecule is CCCCCCCCCCCCOC1CC[C@@]2(C)C(=CC(=O)C3C2CC[C@]2(C)C(=O)CCC32)C1. The lowest BCUT2D eigenvalue weighted by Crippen LogP contribution is -2.53. The Morgan fingerprint density at radius 2 is 1.44 bits per heavy atom. The van der Waals surface area contributed by atoms with Crippen LogP contribution in [-0.4, -0.2) is 24.3 Å². The summed E-state index contributed by atoms with van der Waals surface area (Å²) in [6.07, 6.45) is 22.6. The van der Waals surface area contributed by atoms with E-state index < -0.39 is 0 Å². The topological polar surface area (TPSA) is 43.4 Å². The molecule has 0 radical (unpaired) electrons. The minimum absolute atomic E-state index is 0.0723. The maximum Gasteiger partial charge on any atom is 0.159 e. The van der Waals surface area contributed by atoms with Gasteiger partial charge in [-0.25, -0.2) is 0 Å². The second kappa shape index (κ2) is 11.4. The van der Waals surface area contributed by atoms with Crippen molar-refractivity contribution in [2.45, 2.75) is 136 Å². The van der Waals surface area contributed by atoms with Crippen molar-refractivity contribution in [2.75, 3.05) is 6.61 Å². The summed E-state index contributed by atoms with van der Waals surface area (Å²) < 4.78 is 6.32. The van der Waals surface area contributed by atoms with Crippen LogP contribution in [0.1, 0.15) is 130 Å². The van der Waals surface area contributed by atoms with Crippen molar-refractivity contribution >= 4 is 11.6 Å². The highest BCUT2D eigenvalue weighted by Gasteiger charge is 2.60. The Hall–Kier alpha value is -0.960. The minimum atomic E-state index is -0.242. The third-order valence-corrected chi connectivity index (χ3v) is 10.5. The molecule has 0 bridgehead atoms. The first kappa shape index (κ1) is 26.1. The van der Waals surface area contributed by atoms with E-state index in [4.69, 9.17) is 4.74 Å². The van der Waals surface area contributed by atoms with E-state index in [0.29, 0.717) is 23.9 Å². The smallest absolute Gasteiger partial charge is 0.159 e. The average Bonchev–Trinajstić information content (AvgIpc) is 3.12. The van der Waals surface area contributed by atoms with E-state index in [1.807, 2.05) is 6.08 Å². The lowest BCUT2D eigenvalue weighted by atomic mass is 9.48. The fraction of sp³-hybridized carbons (Fsp3) is 0.871. The van der Waals surface area contributed by atoms with Gasteiger partial charge in [0.1, 0.15) is 5.78 Å². The first-order valence-corrected chi connectivity index (χ1v) is 14.8. The summed E-state index contributed by atoms with van der Waals surface area (Å²) in [4.78, 5) is 26.0. The van der Waals surface area contributed by atoms with E-state index in [-0.39, 0.29) is 28.8 Å². The summed E-state index contributed by atoms with van der Waals surface area (Å²) >= 11 is 0. The van der Waals surface area contributed by atoms with Crippen molar-refractivity contribution < 1.29 is 14.3 Å². The van der Waals surface area contributed by atoms with Gasteiger partial charge in [0.2, 0.25) is 0 Å². The van der Waals surface area contributed by atoms with Crippen molar-refractivity contribution in [3.63, 3.8) is 0 Å². The highest BCUT2D eigenvalue weighted by Crippen LogP contribution is 2.63. The summed E-state index contributed by atoms with van der Waals surface area (Å²) in [6.45, 7) is 7.71. The summed E-state index contributed by atoms with van der Waals surface area (Å²) in [7, 11) is 0. The van der Waals surface area contributed by atoms with Gasteiger partial charge in [0.25, 0.3) is 0 Å². The van der Waals surface area contributed by atoms with E-state index >= 15 is 0 Å². The molecule has 0 aromatic heterocycles. The molecule has 0 spiro atoms. The molecule has 0 heterocycles. The Morgan fingerprint density at radius 3 is 2.15 bits per heavy atom. The second-order valence-corrected chi connectivity index (χ2v) is 12.6. The van der Waals surface area contributed by atoms with Gasteiger partial charge in [0, 0.05) is 24.4 Å². The zero-order valence-corrected chi connectivity index (χ0v) is 22.3. The summed E-state index contributed by atoms with van der Waals surface area (Å²) in [5.74, 6) is 1.49. The van der Waals surface area contributed by atoms with Gasteiger partial charge < -0.3 is 4.74 Å². The normalized spacial score (nSPS) is 37.2. The number of hydrogen-bond acceptors (Lipinski definition) is 3. The molecule has 6 atom stereocenters. The number of hydrogen-bond donors (Lipinski definition) is 0. The van der Waals surface area contributed by atoms with Gasteiger partial charge in [-0.2, -0.15) is 0 Å². The van der Waals surface area contributed by atoms with Crippen LogP contribution < -0.4 is 0 Å². The molecule has 4 unspecified atom stereocenters. The largest absolute Gasteiger partial charge is 0.378 e. The standard InChI is InChI=1S/C31H50O3/c1-4-5-6-7-8-9-10-11-12-13-20-34-24-16-18-30(2)23(21-24)22-27(32)29-25-14-15-28(33)31(25,3)19-17-26(29)30/h22,24-26,29H,4-21H2,1-3H3/t24?,25?,26?,29?,30-,31-/m0/s1. The molecule has 0 aromatic carbocycles. The predicted molar refractivity (Wildman–Crippen MR) is 139 cm³/mol. The quantitative estimate of drug-likeness (QED) is 0.271. The number of fused-ring (bicyclic) bond motifs is 5. The van der Waals surface area contributed by atoms with Crippen molar-refractivity contribution in [2.24, 2.45) is 28.6 Å². The molecule has 3 saturated carbocycles. The number of carbonyl (C=O) groups excluding carboxylic acids is 2. The molecular weight excluding hydrogens is 420 g/mol. The number of carbonyl (C=O) groups is 2. The van der Waals surface area contributed by atoms with Crippen LogP contribution in [0, 0.1) is 28.6 Å². The van der Waals surface area contributed by atoms with Gasteiger partial charge in [-0.05, 0) is 68.3 Å². The molecule has 3 nitrogen and oxygen atoms in total. The predicted octanol–water partition coefficient (Wildman–Crippen LogP) is 8.00. The number of rotatable bonds is 12. The fourth-order valence-electron chi connectivity index (χ4n) is 8.12. The summed E-state index contributed by atoms with van der Waals surface area (Å²) in [6, 6.07) is 0. The third-order valence-electron chi connectivity index (χ3n) is 10.5. The zero-order chi connectivity index (χ0) is 24.2. The lowest BCUT2D eigenvalue weighted by Gasteiger charge is -2.56. The number of Topliss-reactive ketones (excluding diaryl/α,β-unsaturated/α-hetero) is 1. The van der Waals surface area contributed by atoms with Crippen LogP contribution in [0.3, 0.4) is 0 Å². The van der Waals surface area contributed by atoms with E-state index in [0.717, 1.165) is 45.1 Å². The molecule has 192 valence electrons. The number of ether oxygens (including phenoxy) is 1. The Balaban J connectivity index is 1.21. The number of unbranched alkanes of at least 4 members (excludes halogenated alkanes) is 9. The maximum absolute atomic E-state index is 13.4. The average molecular weight is 471 g/mol. The van der Waals surface area contributed by atoms with Crippen molar-refractivity contribution in [1.82, 2.24) is 0 Å². The summed E-state index contributed by atoms with van der Waals surface area (Å²) in [5.41, 5.74) is 1.24. The highest BCUT2D eigenvalue weighted by molar-refractivity contribution is 5.96. The van der Waals surface area contributed by atoms with Crippen LogP contribution in [0.5, 0.6) is 0 Å². The first-order valence-electron chi connectivity index (χ1n) is 14.8. The third kappa shape index (κ3) is 5.25. The van der Waals surface area contributed by atoms with E-state index in [1.54, 1.807) is 0 Å². The molecular formula is C31H50O3. The van der Waals surface area contributed by atoms with Crippen LogP contribution in [0.2, 0.25) is 0 Å². The summed E-state index contributed by atoms with van der Waals surface area (Å²) in [5, 5.41) is 0. The van der Waals surface area contributed by atoms with Gasteiger partial charge in [0.15, 0.2) is 5.78 Å². The molecule has 4 aliphatic rings. The highest BCUT2D eigenvalue weighted by atomic mass is 16.5. The van der Waals surface area contributed by atoms with Crippen LogP contribution in [0.25, 0.3) is 0 Å². The van der Waals surface area contributed by atoms with Gasteiger partial charge in [-0.15, -0.1) is 0 Å². The number of allylic oxidation sites excluding steroid dienone is 1. The molecule has 0 amide bonds. The Bertz CT molecular complexity index is 754. The molecule has 34 heavy (non-hydrogen) atoms. The Labute approximate surface area is 208 Å². The molecule has 0 aliphatic heterocycles. The van der Waals surface area contributed by atoms with Gasteiger partial charge in [-0.3, -0.25) is 9.59 Å². The van der Waals surface area contributed by atoms with Gasteiger partial charge in [0.05, 0.1) is 6.10 Å².